The van der Waals surface area contributed by atoms with Crippen LogP contribution in [0.15, 0.2) is 18.2 Å². The van der Waals surface area contributed by atoms with Crippen LogP contribution < -0.4 is 10.1 Å². The van der Waals surface area contributed by atoms with Gasteiger partial charge < -0.3 is 10.1 Å². The lowest BCUT2D eigenvalue weighted by Crippen LogP contribution is -2.20. The second-order valence-corrected chi connectivity index (χ2v) is 8.16. The molecule has 0 saturated carbocycles. The number of benzene rings is 1. The SMILES string of the molecule is Cc1ccc(C(C)C)c(OCC(=O)Nc2sc3c(c2C#N)CCCC3)c1. The van der Waals surface area contributed by atoms with Gasteiger partial charge in [0.25, 0.3) is 5.91 Å². The van der Waals surface area contributed by atoms with E-state index in [0.29, 0.717) is 16.5 Å². The second kappa shape index (κ2) is 7.92. The molecule has 1 aromatic heterocycles. The maximum absolute atomic E-state index is 12.4. The Labute approximate surface area is 158 Å². The molecular weight excluding hydrogens is 344 g/mol. The van der Waals surface area contributed by atoms with Gasteiger partial charge in [-0.3, -0.25) is 4.79 Å². The number of aryl methyl sites for hydroxylation is 2. The summed E-state index contributed by atoms with van der Waals surface area (Å²) in [5.74, 6) is 0.848. The molecule has 1 aliphatic rings. The van der Waals surface area contributed by atoms with Crippen molar-refractivity contribution < 1.29 is 9.53 Å². The number of carbonyl (C=O) groups is 1. The molecule has 2 aromatic rings. The number of carbonyl (C=O) groups excluding carboxylic acids is 1. The topological polar surface area (TPSA) is 62.1 Å². The van der Waals surface area contributed by atoms with Crippen molar-refractivity contribution in [3.05, 3.63) is 45.3 Å². The summed E-state index contributed by atoms with van der Waals surface area (Å²) in [7, 11) is 0. The molecule has 0 bridgehead atoms. The number of ether oxygens (including phenoxy) is 1. The van der Waals surface area contributed by atoms with E-state index in [9.17, 15) is 10.1 Å². The molecule has 4 nitrogen and oxygen atoms in total. The van der Waals surface area contributed by atoms with Crippen molar-refractivity contribution in [2.24, 2.45) is 0 Å². The third-order valence-electron chi connectivity index (χ3n) is 4.69. The van der Waals surface area contributed by atoms with Gasteiger partial charge in [0.15, 0.2) is 6.61 Å². The number of rotatable bonds is 5. The highest BCUT2D eigenvalue weighted by Gasteiger charge is 2.22. The Bertz CT molecular complexity index is 862. The van der Waals surface area contributed by atoms with Gasteiger partial charge in [0.1, 0.15) is 16.8 Å². The Morgan fingerprint density at radius 1 is 1.35 bits per heavy atom. The van der Waals surface area contributed by atoms with E-state index >= 15 is 0 Å². The first kappa shape index (κ1) is 18.5. The van der Waals surface area contributed by atoms with Crippen LogP contribution in [0.5, 0.6) is 5.75 Å². The number of anilines is 1. The summed E-state index contributed by atoms with van der Waals surface area (Å²) in [4.78, 5) is 13.6. The van der Waals surface area contributed by atoms with Gasteiger partial charge >= 0.3 is 0 Å². The fourth-order valence-corrected chi connectivity index (χ4v) is 4.58. The largest absolute Gasteiger partial charge is 0.483 e. The average molecular weight is 369 g/mol. The van der Waals surface area contributed by atoms with E-state index in [-0.39, 0.29) is 12.5 Å². The number of nitriles is 1. The quantitative estimate of drug-likeness (QED) is 0.812. The zero-order valence-corrected chi connectivity index (χ0v) is 16.3. The monoisotopic (exact) mass is 368 g/mol. The first-order valence-corrected chi connectivity index (χ1v) is 9.89. The molecule has 0 saturated heterocycles. The van der Waals surface area contributed by atoms with Crippen LogP contribution in [0.1, 0.15) is 59.7 Å². The number of amides is 1. The predicted molar refractivity (Wildman–Crippen MR) is 105 cm³/mol. The molecule has 1 amide bonds. The molecule has 26 heavy (non-hydrogen) atoms. The lowest BCUT2D eigenvalue weighted by molar-refractivity contribution is -0.118. The van der Waals surface area contributed by atoms with Crippen molar-refractivity contribution in [2.75, 3.05) is 11.9 Å². The highest BCUT2D eigenvalue weighted by molar-refractivity contribution is 7.16. The van der Waals surface area contributed by atoms with Gasteiger partial charge in [-0.05, 0) is 61.3 Å². The molecule has 0 unspecified atom stereocenters. The summed E-state index contributed by atoms with van der Waals surface area (Å²) in [6.07, 6.45) is 4.20. The number of thiophene rings is 1. The van der Waals surface area contributed by atoms with Crippen LogP contribution in [0.4, 0.5) is 5.00 Å². The summed E-state index contributed by atoms with van der Waals surface area (Å²) in [5, 5.41) is 13.0. The van der Waals surface area contributed by atoms with Crippen LogP contribution in [-0.2, 0) is 17.6 Å². The van der Waals surface area contributed by atoms with E-state index in [1.165, 1.54) is 16.2 Å². The van der Waals surface area contributed by atoms with E-state index in [1.807, 2.05) is 19.1 Å². The molecule has 1 N–H and O–H groups in total. The summed E-state index contributed by atoms with van der Waals surface area (Å²) in [5.41, 5.74) is 3.95. The van der Waals surface area contributed by atoms with E-state index in [0.717, 1.165) is 48.1 Å². The number of hydrogen-bond acceptors (Lipinski definition) is 4. The Hall–Kier alpha value is -2.32. The van der Waals surface area contributed by atoms with Crippen LogP contribution in [0.2, 0.25) is 0 Å². The molecule has 0 radical (unpaired) electrons. The third kappa shape index (κ3) is 3.91. The molecule has 0 spiro atoms. The van der Waals surface area contributed by atoms with Gasteiger partial charge in [-0.25, -0.2) is 0 Å². The molecule has 1 aliphatic carbocycles. The molecular formula is C21H24N2O2S. The highest BCUT2D eigenvalue weighted by Crippen LogP contribution is 2.37. The van der Waals surface area contributed by atoms with Crippen LogP contribution >= 0.6 is 11.3 Å². The minimum atomic E-state index is -0.226. The molecule has 3 rings (SSSR count). The predicted octanol–water partition coefficient (Wildman–Crippen LogP) is 4.95. The summed E-state index contributed by atoms with van der Waals surface area (Å²) < 4.78 is 5.80. The van der Waals surface area contributed by atoms with Crippen molar-refractivity contribution in [1.29, 1.82) is 5.26 Å². The molecule has 0 aliphatic heterocycles. The lowest BCUT2D eigenvalue weighted by Gasteiger charge is -2.14. The second-order valence-electron chi connectivity index (χ2n) is 7.06. The minimum Gasteiger partial charge on any atom is -0.483 e. The highest BCUT2D eigenvalue weighted by atomic mass is 32.1. The Balaban J connectivity index is 1.70. The molecule has 5 heteroatoms. The van der Waals surface area contributed by atoms with E-state index in [2.05, 4.69) is 31.3 Å². The third-order valence-corrected chi connectivity index (χ3v) is 5.89. The van der Waals surface area contributed by atoms with E-state index in [4.69, 9.17) is 4.74 Å². The van der Waals surface area contributed by atoms with Crippen molar-refractivity contribution in [3.8, 4) is 11.8 Å². The first-order valence-electron chi connectivity index (χ1n) is 9.07. The maximum atomic E-state index is 12.4. The minimum absolute atomic E-state index is 0.0589. The van der Waals surface area contributed by atoms with Crippen molar-refractivity contribution in [2.45, 2.75) is 52.4 Å². The lowest BCUT2D eigenvalue weighted by atomic mass is 9.96. The van der Waals surface area contributed by atoms with Crippen LogP contribution in [0.3, 0.4) is 0 Å². The Morgan fingerprint density at radius 2 is 2.12 bits per heavy atom. The van der Waals surface area contributed by atoms with E-state index < -0.39 is 0 Å². The van der Waals surface area contributed by atoms with Gasteiger partial charge in [-0.2, -0.15) is 5.26 Å². The summed E-state index contributed by atoms with van der Waals surface area (Å²) in [6.45, 7) is 6.16. The Morgan fingerprint density at radius 3 is 2.85 bits per heavy atom. The first-order chi connectivity index (χ1) is 12.5. The van der Waals surface area contributed by atoms with E-state index in [1.54, 1.807) is 0 Å². The van der Waals surface area contributed by atoms with Gasteiger partial charge in [0.05, 0.1) is 5.56 Å². The fraction of sp³-hybridized carbons (Fsp3) is 0.429. The molecule has 0 atom stereocenters. The summed E-state index contributed by atoms with van der Waals surface area (Å²) in [6, 6.07) is 8.34. The zero-order valence-electron chi connectivity index (χ0n) is 15.5. The van der Waals surface area contributed by atoms with Gasteiger partial charge in [0.2, 0.25) is 0 Å². The molecule has 0 fully saturated rings. The Kier molecular flexibility index (Phi) is 5.63. The molecule has 1 heterocycles. The standard InChI is InChI=1S/C21H24N2O2S/c1-13(2)15-9-8-14(3)10-18(15)25-12-20(24)23-21-17(11-22)16-6-4-5-7-19(16)26-21/h8-10,13H,4-7,12H2,1-3H3,(H,23,24). The van der Waals surface area contributed by atoms with Crippen molar-refractivity contribution >= 4 is 22.2 Å². The maximum Gasteiger partial charge on any atom is 0.262 e. The number of fused-ring (bicyclic) bond motifs is 1. The average Bonchev–Trinajstić information content (AvgIpc) is 2.96. The van der Waals surface area contributed by atoms with Crippen molar-refractivity contribution in [3.63, 3.8) is 0 Å². The zero-order chi connectivity index (χ0) is 18.7. The smallest absolute Gasteiger partial charge is 0.262 e. The van der Waals surface area contributed by atoms with Gasteiger partial charge in [-0.1, -0.05) is 26.0 Å². The number of nitrogens with zero attached hydrogens (tertiary/aromatic N) is 1. The van der Waals surface area contributed by atoms with Crippen LogP contribution in [0.25, 0.3) is 0 Å². The number of hydrogen-bond donors (Lipinski definition) is 1. The van der Waals surface area contributed by atoms with Crippen molar-refractivity contribution in [1.82, 2.24) is 0 Å². The van der Waals surface area contributed by atoms with Crippen LogP contribution in [-0.4, -0.2) is 12.5 Å². The number of nitrogens with one attached hydrogen (secondary N) is 1. The van der Waals surface area contributed by atoms with Crippen LogP contribution in [0, 0.1) is 18.3 Å². The molecule has 1 aromatic carbocycles. The van der Waals surface area contributed by atoms with Gasteiger partial charge in [0, 0.05) is 4.88 Å². The molecule has 136 valence electrons. The normalized spacial score (nSPS) is 13.2. The van der Waals surface area contributed by atoms with Gasteiger partial charge in [-0.15, -0.1) is 11.3 Å². The fourth-order valence-electron chi connectivity index (χ4n) is 3.32. The summed E-state index contributed by atoms with van der Waals surface area (Å²) >= 11 is 1.54.